The zero-order valence-corrected chi connectivity index (χ0v) is 11.3. The minimum atomic E-state index is -0.00438. The number of nitrogens with zero attached hydrogens (tertiary/aromatic N) is 3. The zero-order chi connectivity index (χ0) is 13.7. The summed E-state index contributed by atoms with van der Waals surface area (Å²) in [5.74, 6) is 5.79. The molecule has 3 N–H and O–H groups in total. The maximum atomic E-state index is 12.2. The van der Waals surface area contributed by atoms with E-state index in [0.29, 0.717) is 11.4 Å². The van der Waals surface area contributed by atoms with Gasteiger partial charge in [0.2, 0.25) is 0 Å². The molecule has 0 aromatic carbocycles. The number of nitrogen functional groups attached to an aromatic ring is 1. The molecule has 1 saturated heterocycles. The SMILES string of the molecule is CN(CCN1CCCC1)C(=O)c1ccc(NN)nc1. The standard InChI is InChI=1S/C13H21N5O/c1-17(8-9-18-6-2-3-7-18)13(19)11-4-5-12(16-14)15-10-11/h4-5,10H,2-3,6-9,14H2,1H3,(H,15,16). The van der Waals surface area contributed by atoms with Gasteiger partial charge in [0.1, 0.15) is 5.82 Å². The van der Waals surface area contributed by atoms with E-state index >= 15 is 0 Å². The predicted octanol–water partition coefficient (Wildman–Crippen LogP) is 0.535. The lowest BCUT2D eigenvalue weighted by atomic mass is 10.2. The molecule has 1 amide bonds. The monoisotopic (exact) mass is 263 g/mol. The number of hydrogen-bond acceptors (Lipinski definition) is 5. The van der Waals surface area contributed by atoms with Gasteiger partial charge in [-0.25, -0.2) is 10.8 Å². The molecule has 0 radical (unpaired) electrons. The van der Waals surface area contributed by atoms with E-state index in [0.717, 1.165) is 26.2 Å². The van der Waals surface area contributed by atoms with Gasteiger partial charge >= 0.3 is 0 Å². The van der Waals surface area contributed by atoms with Crippen LogP contribution in [0.4, 0.5) is 5.82 Å². The lowest BCUT2D eigenvalue weighted by molar-refractivity contribution is 0.0782. The maximum Gasteiger partial charge on any atom is 0.255 e. The number of hydrazine groups is 1. The summed E-state index contributed by atoms with van der Waals surface area (Å²) in [7, 11) is 1.83. The number of rotatable bonds is 5. The van der Waals surface area contributed by atoms with E-state index in [-0.39, 0.29) is 5.91 Å². The zero-order valence-electron chi connectivity index (χ0n) is 11.3. The lowest BCUT2D eigenvalue weighted by Gasteiger charge is -2.21. The van der Waals surface area contributed by atoms with Crippen LogP contribution in [-0.2, 0) is 0 Å². The molecule has 104 valence electrons. The summed E-state index contributed by atoms with van der Waals surface area (Å²) in [5.41, 5.74) is 3.03. The number of likely N-dealkylation sites (tertiary alicyclic amines) is 1. The summed E-state index contributed by atoms with van der Waals surface area (Å²) >= 11 is 0. The number of pyridine rings is 1. The molecule has 1 fully saturated rings. The third-order valence-electron chi connectivity index (χ3n) is 3.46. The van der Waals surface area contributed by atoms with Crippen molar-refractivity contribution in [3.05, 3.63) is 23.9 Å². The quantitative estimate of drug-likeness (QED) is 0.599. The highest BCUT2D eigenvalue weighted by Crippen LogP contribution is 2.09. The molecular formula is C13H21N5O. The number of likely N-dealkylation sites (N-methyl/N-ethyl adjacent to an activating group) is 1. The van der Waals surface area contributed by atoms with Gasteiger partial charge in [0.25, 0.3) is 5.91 Å². The second kappa shape index (κ2) is 6.49. The molecule has 1 aliphatic rings. The Hall–Kier alpha value is -1.66. The molecule has 0 saturated carbocycles. The molecule has 0 spiro atoms. The smallest absolute Gasteiger partial charge is 0.255 e. The molecule has 1 aromatic rings. The van der Waals surface area contributed by atoms with Crippen molar-refractivity contribution in [3.63, 3.8) is 0 Å². The average molecular weight is 263 g/mol. The Bertz CT molecular complexity index is 414. The molecule has 2 rings (SSSR count). The van der Waals surface area contributed by atoms with Crippen molar-refractivity contribution in [2.45, 2.75) is 12.8 Å². The first-order valence-electron chi connectivity index (χ1n) is 6.61. The predicted molar refractivity (Wildman–Crippen MR) is 74.7 cm³/mol. The maximum absolute atomic E-state index is 12.2. The van der Waals surface area contributed by atoms with Crippen molar-refractivity contribution < 1.29 is 4.79 Å². The van der Waals surface area contributed by atoms with Crippen molar-refractivity contribution in [3.8, 4) is 0 Å². The van der Waals surface area contributed by atoms with E-state index < -0.39 is 0 Å². The molecule has 19 heavy (non-hydrogen) atoms. The van der Waals surface area contributed by atoms with Crippen LogP contribution in [0.15, 0.2) is 18.3 Å². The Balaban J connectivity index is 1.86. The van der Waals surface area contributed by atoms with Crippen LogP contribution in [0.3, 0.4) is 0 Å². The molecule has 1 aliphatic heterocycles. The first kappa shape index (κ1) is 13.8. The molecular weight excluding hydrogens is 242 g/mol. The number of hydrogen-bond donors (Lipinski definition) is 2. The van der Waals surface area contributed by atoms with Gasteiger partial charge in [-0.2, -0.15) is 0 Å². The summed E-state index contributed by atoms with van der Waals surface area (Å²) in [5, 5.41) is 0. The van der Waals surface area contributed by atoms with Crippen molar-refractivity contribution in [2.24, 2.45) is 5.84 Å². The molecule has 0 bridgehead atoms. The van der Waals surface area contributed by atoms with E-state index in [4.69, 9.17) is 5.84 Å². The Morgan fingerprint density at radius 3 is 2.79 bits per heavy atom. The Labute approximate surface area is 113 Å². The van der Waals surface area contributed by atoms with Crippen LogP contribution in [0.25, 0.3) is 0 Å². The van der Waals surface area contributed by atoms with Gasteiger partial charge in [0.05, 0.1) is 5.56 Å². The minimum absolute atomic E-state index is 0.00438. The molecule has 6 nitrogen and oxygen atoms in total. The Kier molecular flexibility index (Phi) is 4.70. The highest BCUT2D eigenvalue weighted by atomic mass is 16.2. The largest absolute Gasteiger partial charge is 0.340 e. The van der Waals surface area contributed by atoms with E-state index in [1.807, 2.05) is 7.05 Å². The van der Waals surface area contributed by atoms with Crippen LogP contribution in [0.2, 0.25) is 0 Å². The van der Waals surface area contributed by atoms with Crippen molar-refractivity contribution in [1.82, 2.24) is 14.8 Å². The fourth-order valence-corrected chi connectivity index (χ4v) is 2.23. The first-order chi connectivity index (χ1) is 9.20. The topological polar surface area (TPSA) is 74.5 Å². The van der Waals surface area contributed by atoms with Gasteiger partial charge in [-0.15, -0.1) is 0 Å². The normalized spacial score (nSPS) is 15.5. The number of aromatic nitrogens is 1. The van der Waals surface area contributed by atoms with Gasteiger partial charge in [-0.05, 0) is 38.1 Å². The van der Waals surface area contributed by atoms with Crippen LogP contribution in [0, 0.1) is 0 Å². The first-order valence-corrected chi connectivity index (χ1v) is 6.61. The number of carbonyl (C=O) groups is 1. The molecule has 2 heterocycles. The summed E-state index contributed by atoms with van der Waals surface area (Å²) in [6.45, 7) is 3.99. The molecule has 0 aliphatic carbocycles. The highest BCUT2D eigenvalue weighted by molar-refractivity contribution is 5.93. The van der Waals surface area contributed by atoms with Crippen LogP contribution < -0.4 is 11.3 Å². The third kappa shape index (κ3) is 3.65. The van der Waals surface area contributed by atoms with Crippen LogP contribution in [0.5, 0.6) is 0 Å². The van der Waals surface area contributed by atoms with Crippen LogP contribution in [0.1, 0.15) is 23.2 Å². The van der Waals surface area contributed by atoms with Gasteiger partial charge in [0, 0.05) is 26.3 Å². The van der Waals surface area contributed by atoms with E-state index in [1.54, 1.807) is 23.2 Å². The summed E-state index contributed by atoms with van der Waals surface area (Å²) in [4.78, 5) is 20.3. The fourth-order valence-electron chi connectivity index (χ4n) is 2.23. The van der Waals surface area contributed by atoms with Gasteiger partial charge in [-0.1, -0.05) is 0 Å². The van der Waals surface area contributed by atoms with Crippen molar-refractivity contribution in [2.75, 3.05) is 38.7 Å². The lowest BCUT2D eigenvalue weighted by Crippen LogP contribution is -2.35. The minimum Gasteiger partial charge on any atom is -0.340 e. The number of anilines is 1. The van der Waals surface area contributed by atoms with Crippen molar-refractivity contribution in [1.29, 1.82) is 0 Å². The van der Waals surface area contributed by atoms with Gasteiger partial charge in [0.15, 0.2) is 0 Å². The average Bonchev–Trinajstić information content (AvgIpc) is 2.97. The summed E-state index contributed by atoms with van der Waals surface area (Å²) in [6, 6.07) is 3.43. The van der Waals surface area contributed by atoms with Crippen LogP contribution in [-0.4, -0.2) is 53.9 Å². The Morgan fingerprint density at radius 1 is 1.47 bits per heavy atom. The molecule has 0 unspecified atom stereocenters. The van der Waals surface area contributed by atoms with E-state index in [1.165, 1.54) is 12.8 Å². The second-order valence-electron chi connectivity index (χ2n) is 4.85. The highest BCUT2D eigenvalue weighted by Gasteiger charge is 2.15. The van der Waals surface area contributed by atoms with E-state index in [9.17, 15) is 4.79 Å². The summed E-state index contributed by atoms with van der Waals surface area (Å²) < 4.78 is 0. The third-order valence-corrected chi connectivity index (χ3v) is 3.46. The molecule has 0 atom stereocenters. The second-order valence-corrected chi connectivity index (χ2v) is 4.85. The number of nitrogens with one attached hydrogen (secondary N) is 1. The number of nitrogens with two attached hydrogens (primary N) is 1. The Morgan fingerprint density at radius 2 is 2.21 bits per heavy atom. The molecule has 6 heteroatoms. The van der Waals surface area contributed by atoms with Crippen molar-refractivity contribution >= 4 is 11.7 Å². The number of amides is 1. The van der Waals surface area contributed by atoms with Gasteiger partial charge < -0.3 is 15.2 Å². The van der Waals surface area contributed by atoms with Crippen LogP contribution >= 0.6 is 0 Å². The summed E-state index contributed by atoms with van der Waals surface area (Å²) in [6.07, 6.45) is 4.09. The van der Waals surface area contributed by atoms with E-state index in [2.05, 4.69) is 15.3 Å². The number of carbonyl (C=O) groups excluding carboxylic acids is 1. The van der Waals surface area contributed by atoms with Gasteiger partial charge in [-0.3, -0.25) is 4.79 Å². The molecule has 1 aromatic heterocycles. The fraction of sp³-hybridized carbons (Fsp3) is 0.538.